The van der Waals surface area contributed by atoms with E-state index in [0.29, 0.717) is 18.0 Å². The minimum atomic E-state index is -3.34. The molecular weight excluding hydrogens is 224 g/mol. The van der Waals surface area contributed by atoms with Crippen LogP contribution in [0.15, 0.2) is 35.2 Å². The second-order valence-electron chi connectivity index (χ2n) is 4.08. The van der Waals surface area contributed by atoms with Crippen LogP contribution in [0.2, 0.25) is 0 Å². The van der Waals surface area contributed by atoms with Gasteiger partial charge in [-0.3, -0.25) is 0 Å². The van der Waals surface area contributed by atoms with Crippen molar-refractivity contribution in [3.63, 3.8) is 0 Å². The van der Waals surface area contributed by atoms with Gasteiger partial charge >= 0.3 is 0 Å². The van der Waals surface area contributed by atoms with E-state index in [1.54, 1.807) is 30.3 Å². The van der Waals surface area contributed by atoms with Gasteiger partial charge in [0.2, 0.25) is 10.0 Å². The average molecular weight is 240 g/mol. The molecule has 0 amide bonds. The van der Waals surface area contributed by atoms with E-state index in [9.17, 15) is 8.42 Å². The van der Waals surface area contributed by atoms with Gasteiger partial charge in [-0.05, 0) is 25.0 Å². The molecule has 1 heterocycles. The molecule has 5 heteroatoms. The maximum atomic E-state index is 12.2. The first-order valence-electron chi connectivity index (χ1n) is 5.41. The number of nitrogens with two attached hydrogens (primary N) is 1. The van der Waals surface area contributed by atoms with Gasteiger partial charge in [0.15, 0.2) is 0 Å². The van der Waals surface area contributed by atoms with E-state index in [0.717, 1.165) is 12.8 Å². The Balaban J connectivity index is 2.26. The number of benzene rings is 1. The summed E-state index contributed by atoms with van der Waals surface area (Å²) in [5, 5.41) is 0. The van der Waals surface area contributed by atoms with Crippen molar-refractivity contribution in [3.05, 3.63) is 30.3 Å². The molecule has 4 nitrogen and oxygen atoms in total. The van der Waals surface area contributed by atoms with Gasteiger partial charge in [0.25, 0.3) is 0 Å². The van der Waals surface area contributed by atoms with Crippen LogP contribution in [0.1, 0.15) is 12.8 Å². The minimum Gasteiger partial charge on any atom is -0.327 e. The van der Waals surface area contributed by atoms with E-state index in [4.69, 9.17) is 5.73 Å². The number of sulfonamides is 1. The van der Waals surface area contributed by atoms with Crippen LogP contribution in [0, 0.1) is 0 Å². The Morgan fingerprint density at radius 3 is 2.56 bits per heavy atom. The average Bonchev–Trinajstić information content (AvgIpc) is 2.30. The van der Waals surface area contributed by atoms with Gasteiger partial charge < -0.3 is 5.73 Å². The third-order valence-electron chi connectivity index (χ3n) is 2.80. The molecular formula is C11H16N2O2S. The van der Waals surface area contributed by atoms with Crippen LogP contribution in [-0.2, 0) is 10.0 Å². The van der Waals surface area contributed by atoms with Gasteiger partial charge in [-0.2, -0.15) is 4.31 Å². The van der Waals surface area contributed by atoms with Crippen LogP contribution in [0.5, 0.6) is 0 Å². The number of nitrogens with zero attached hydrogens (tertiary/aromatic N) is 1. The normalized spacial score (nSPS) is 23.2. The smallest absolute Gasteiger partial charge is 0.243 e. The highest BCUT2D eigenvalue weighted by Gasteiger charge is 2.28. The van der Waals surface area contributed by atoms with E-state index < -0.39 is 10.0 Å². The number of piperidine rings is 1. The largest absolute Gasteiger partial charge is 0.327 e. The van der Waals surface area contributed by atoms with Crippen molar-refractivity contribution in [2.45, 2.75) is 23.8 Å². The lowest BCUT2D eigenvalue weighted by Crippen LogP contribution is -2.45. The fourth-order valence-corrected chi connectivity index (χ4v) is 3.49. The van der Waals surface area contributed by atoms with Crippen LogP contribution in [0.25, 0.3) is 0 Å². The molecule has 0 aromatic heterocycles. The molecule has 2 N–H and O–H groups in total. The predicted molar refractivity (Wildman–Crippen MR) is 62.4 cm³/mol. The summed E-state index contributed by atoms with van der Waals surface area (Å²) >= 11 is 0. The molecule has 0 saturated carbocycles. The topological polar surface area (TPSA) is 63.4 Å². The summed E-state index contributed by atoms with van der Waals surface area (Å²) < 4.78 is 25.9. The van der Waals surface area contributed by atoms with Gasteiger partial charge in [-0.1, -0.05) is 18.2 Å². The summed E-state index contributed by atoms with van der Waals surface area (Å²) in [6.07, 6.45) is 1.74. The molecule has 1 atom stereocenters. The second-order valence-corrected chi connectivity index (χ2v) is 6.02. The summed E-state index contributed by atoms with van der Waals surface area (Å²) in [5.41, 5.74) is 5.79. The van der Waals surface area contributed by atoms with Crippen molar-refractivity contribution < 1.29 is 8.42 Å². The van der Waals surface area contributed by atoms with Crippen molar-refractivity contribution in [1.82, 2.24) is 4.31 Å². The van der Waals surface area contributed by atoms with E-state index in [1.807, 2.05) is 0 Å². The summed E-state index contributed by atoms with van der Waals surface area (Å²) in [6, 6.07) is 8.48. The van der Waals surface area contributed by atoms with Crippen molar-refractivity contribution in [1.29, 1.82) is 0 Å². The Morgan fingerprint density at radius 2 is 1.94 bits per heavy atom. The van der Waals surface area contributed by atoms with Gasteiger partial charge in [-0.25, -0.2) is 8.42 Å². The zero-order chi connectivity index (χ0) is 11.6. The monoisotopic (exact) mass is 240 g/mol. The van der Waals surface area contributed by atoms with Crippen LogP contribution < -0.4 is 5.73 Å². The molecule has 1 aliphatic rings. The Hall–Kier alpha value is -0.910. The molecule has 2 rings (SSSR count). The van der Waals surface area contributed by atoms with Gasteiger partial charge in [-0.15, -0.1) is 0 Å². The molecule has 0 aliphatic carbocycles. The highest BCUT2D eigenvalue weighted by Crippen LogP contribution is 2.19. The molecule has 0 radical (unpaired) electrons. The molecule has 16 heavy (non-hydrogen) atoms. The standard InChI is InChI=1S/C11H16N2O2S/c12-10-5-4-8-13(9-10)16(14,15)11-6-2-1-3-7-11/h1-3,6-7,10H,4-5,8-9,12H2/t10-/m1/s1. The molecule has 0 bridgehead atoms. The SMILES string of the molecule is N[C@@H]1CCCN(S(=O)(=O)c2ccccc2)C1. The number of hydrogen-bond donors (Lipinski definition) is 1. The number of hydrogen-bond acceptors (Lipinski definition) is 3. The lowest BCUT2D eigenvalue weighted by atomic mass is 10.1. The van der Waals surface area contributed by atoms with Gasteiger partial charge in [0.05, 0.1) is 4.90 Å². The van der Waals surface area contributed by atoms with Gasteiger partial charge in [0.1, 0.15) is 0 Å². The Morgan fingerprint density at radius 1 is 1.25 bits per heavy atom. The lowest BCUT2D eigenvalue weighted by molar-refractivity contribution is 0.316. The Kier molecular flexibility index (Phi) is 3.28. The molecule has 1 aromatic carbocycles. The van der Waals surface area contributed by atoms with Crippen molar-refractivity contribution in [2.24, 2.45) is 5.73 Å². The summed E-state index contributed by atoms with van der Waals surface area (Å²) in [6.45, 7) is 1.00. The van der Waals surface area contributed by atoms with Crippen LogP contribution in [0.3, 0.4) is 0 Å². The van der Waals surface area contributed by atoms with E-state index in [-0.39, 0.29) is 6.04 Å². The summed E-state index contributed by atoms with van der Waals surface area (Å²) in [5.74, 6) is 0. The molecule has 88 valence electrons. The Bertz CT molecular complexity index is 444. The molecule has 1 fully saturated rings. The quantitative estimate of drug-likeness (QED) is 0.831. The fraction of sp³-hybridized carbons (Fsp3) is 0.455. The highest BCUT2D eigenvalue weighted by atomic mass is 32.2. The van der Waals surface area contributed by atoms with Crippen molar-refractivity contribution >= 4 is 10.0 Å². The first kappa shape index (κ1) is 11.6. The zero-order valence-electron chi connectivity index (χ0n) is 9.04. The third kappa shape index (κ3) is 2.26. The first-order chi connectivity index (χ1) is 7.60. The van der Waals surface area contributed by atoms with E-state index in [1.165, 1.54) is 4.31 Å². The predicted octanol–water partition coefficient (Wildman–Crippen LogP) is 0.798. The second kappa shape index (κ2) is 4.53. The maximum absolute atomic E-state index is 12.2. The van der Waals surface area contributed by atoms with Crippen LogP contribution in [-0.4, -0.2) is 31.9 Å². The van der Waals surface area contributed by atoms with Crippen molar-refractivity contribution in [3.8, 4) is 0 Å². The van der Waals surface area contributed by atoms with Gasteiger partial charge in [0, 0.05) is 19.1 Å². The molecule has 0 unspecified atom stereocenters. The molecule has 0 spiro atoms. The Labute approximate surface area is 96.1 Å². The highest BCUT2D eigenvalue weighted by molar-refractivity contribution is 7.89. The zero-order valence-corrected chi connectivity index (χ0v) is 9.86. The van der Waals surface area contributed by atoms with E-state index >= 15 is 0 Å². The lowest BCUT2D eigenvalue weighted by Gasteiger charge is -2.29. The fourth-order valence-electron chi connectivity index (χ4n) is 1.93. The number of rotatable bonds is 2. The molecule has 1 saturated heterocycles. The minimum absolute atomic E-state index is 0.0350. The van der Waals surface area contributed by atoms with Crippen molar-refractivity contribution in [2.75, 3.05) is 13.1 Å². The van der Waals surface area contributed by atoms with Crippen LogP contribution >= 0.6 is 0 Å². The summed E-state index contributed by atoms with van der Waals surface area (Å²) in [4.78, 5) is 0.351. The van der Waals surface area contributed by atoms with E-state index in [2.05, 4.69) is 0 Å². The first-order valence-corrected chi connectivity index (χ1v) is 6.85. The van der Waals surface area contributed by atoms with Crippen LogP contribution in [0.4, 0.5) is 0 Å². The maximum Gasteiger partial charge on any atom is 0.243 e. The molecule has 1 aromatic rings. The molecule has 1 aliphatic heterocycles. The summed E-state index contributed by atoms with van der Waals surface area (Å²) in [7, 11) is -3.34. The third-order valence-corrected chi connectivity index (χ3v) is 4.68.